The van der Waals surface area contributed by atoms with Crippen LogP contribution in [0.4, 0.5) is 0 Å². The minimum atomic E-state index is -1.37. The number of hydrogen-bond acceptors (Lipinski definition) is 10. The van der Waals surface area contributed by atoms with Crippen LogP contribution in [-0.4, -0.2) is 64.8 Å². The van der Waals surface area contributed by atoms with Crippen LogP contribution in [0.1, 0.15) is 47.5 Å². The van der Waals surface area contributed by atoms with Crippen LogP contribution in [0.3, 0.4) is 0 Å². The van der Waals surface area contributed by atoms with E-state index in [1.54, 1.807) is 6.08 Å². The zero-order valence-corrected chi connectivity index (χ0v) is 22.0. The predicted octanol–water partition coefficient (Wildman–Crippen LogP) is 1.90. The van der Waals surface area contributed by atoms with Gasteiger partial charge in [0.25, 0.3) is 0 Å². The van der Waals surface area contributed by atoms with Crippen molar-refractivity contribution in [1.29, 1.82) is 0 Å². The van der Waals surface area contributed by atoms with E-state index in [0.717, 1.165) is 0 Å². The van der Waals surface area contributed by atoms with Crippen LogP contribution in [0.5, 0.6) is 0 Å². The number of cyclic esters (lactones) is 2. The number of fused-ring (bicyclic) bond motifs is 1. The summed E-state index contributed by atoms with van der Waals surface area (Å²) in [6, 6.07) is 0. The number of allylic oxidation sites excluding steroid dienone is 1. The highest BCUT2D eigenvalue weighted by molar-refractivity contribution is 5.92. The molecular formula is C28H32O10. The highest BCUT2D eigenvalue weighted by Gasteiger charge is 2.85. The van der Waals surface area contributed by atoms with Crippen LogP contribution in [0.2, 0.25) is 0 Å². The maximum absolute atomic E-state index is 13.0. The van der Waals surface area contributed by atoms with Crippen molar-refractivity contribution in [2.24, 2.45) is 28.6 Å². The van der Waals surface area contributed by atoms with E-state index in [1.807, 2.05) is 27.7 Å². The molecule has 10 atom stereocenters. The van der Waals surface area contributed by atoms with Crippen LogP contribution in [0.25, 0.3) is 0 Å². The van der Waals surface area contributed by atoms with E-state index < -0.39 is 70.3 Å². The third kappa shape index (κ3) is 3.01. The largest absolute Gasteiger partial charge is 0.459 e. The highest BCUT2D eigenvalue weighted by atomic mass is 16.6. The first-order chi connectivity index (χ1) is 17.7. The Morgan fingerprint density at radius 2 is 1.87 bits per heavy atom. The fourth-order valence-electron chi connectivity index (χ4n) is 8.59. The molecule has 6 aliphatic rings. The summed E-state index contributed by atoms with van der Waals surface area (Å²) in [6.07, 6.45) is 1.29. The van der Waals surface area contributed by atoms with E-state index in [1.165, 1.54) is 19.1 Å². The Labute approximate surface area is 219 Å². The molecule has 6 rings (SSSR count). The number of hydrogen-bond donors (Lipinski definition) is 1. The molecule has 204 valence electrons. The average molecular weight is 529 g/mol. The molecule has 0 radical (unpaired) electrons. The topological polar surface area (TPSA) is 138 Å². The second-order valence-electron chi connectivity index (χ2n) is 12.3. The second-order valence-corrected chi connectivity index (χ2v) is 12.3. The Bertz CT molecular complexity index is 1250. The Balaban J connectivity index is 1.54. The molecule has 0 bridgehead atoms. The molecule has 1 spiro atoms. The van der Waals surface area contributed by atoms with E-state index in [9.17, 15) is 24.3 Å². The van der Waals surface area contributed by atoms with Crippen molar-refractivity contribution in [2.75, 3.05) is 0 Å². The fraction of sp³-hybridized carbons (Fsp3) is 0.643. The first-order valence-electron chi connectivity index (χ1n) is 12.9. The number of carbonyl (C=O) groups is 4. The minimum Gasteiger partial charge on any atom is -0.459 e. The first kappa shape index (κ1) is 25.3. The molecule has 38 heavy (non-hydrogen) atoms. The number of aliphatic hydroxyl groups excluding tert-OH is 1. The number of esters is 4. The molecule has 1 N–H and O–H groups in total. The highest BCUT2D eigenvalue weighted by Crippen LogP contribution is 2.75. The summed E-state index contributed by atoms with van der Waals surface area (Å²) in [5.74, 6) is -3.67. The third-order valence-electron chi connectivity index (χ3n) is 10.1. The van der Waals surface area contributed by atoms with E-state index in [4.69, 9.17) is 23.7 Å². The molecular weight excluding hydrogens is 496 g/mol. The van der Waals surface area contributed by atoms with Crippen LogP contribution in [0, 0.1) is 28.6 Å². The SMILES string of the molecule is C=C1[C@@H]2[C@@H](OC(=O)C=C[C@@]2(C)[C@H]2CC(=O)OC2(C)C)[C@H](OC(C)=O)[C@@]2(C)[C@H](C3=C[C@H](O)OC3=O)C[C@H]3O[C@]132. The van der Waals surface area contributed by atoms with Gasteiger partial charge in [0, 0.05) is 41.7 Å². The number of carbonyl (C=O) groups excluding carboxylic acids is 4. The van der Waals surface area contributed by atoms with Gasteiger partial charge in [0.05, 0.1) is 17.9 Å². The van der Waals surface area contributed by atoms with Gasteiger partial charge in [-0.15, -0.1) is 0 Å². The van der Waals surface area contributed by atoms with E-state index in [2.05, 4.69) is 6.58 Å². The zero-order valence-electron chi connectivity index (χ0n) is 22.0. The lowest BCUT2D eigenvalue weighted by Crippen LogP contribution is -2.66. The maximum Gasteiger partial charge on any atom is 0.336 e. The third-order valence-corrected chi connectivity index (χ3v) is 10.1. The molecule has 4 aliphatic heterocycles. The normalized spacial score (nSPS) is 48.2. The summed E-state index contributed by atoms with van der Waals surface area (Å²) in [7, 11) is 0. The summed E-state index contributed by atoms with van der Waals surface area (Å²) in [4.78, 5) is 50.7. The summed E-state index contributed by atoms with van der Waals surface area (Å²) in [6.45, 7) is 13.3. The summed E-state index contributed by atoms with van der Waals surface area (Å²) >= 11 is 0. The number of rotatable bonds is 3. The molecule has 2 saturated heterocycles. The van der Waals surface area contributed by atoms with Gasteiger partial charge in [0.2, 0.25) is 6.29 Å². The second kappa shape index (κ2) is 7.57. The van der Waals surface area contributed by atoms with E-state index in [-0.39, 0.29) is 30.0 Å². The van der Waals surface area contributed by atoms with Gasteiger partial charge in [-0.2, -0.15) is 0 Å². The van der Waals surface area contributed by atoms with Gasteiger partial charge in [-0.05, 0) is 31.9 Å². The fourth-order valence-corrected chi connectivity index (χ4v) is 8.59. The van der Waals surface area contributed by atoms with Gasteiger partial charge in [0.1, 0.15) is 23.4 Å². The Kier molecular flexibility index (Phi) is 5.04. The summed E-state index contributed by atoms with van der Waals surface area (Å²) < 4.78 is 29.1. The van der Waals surface area contributed by atoms with Gasteiger partial charge in [-0.1, -0.05) is 26.5 Å². The molecule has 2 aliphatic carbocycles. The Morgan fingerprint density at radius 1 is 1.16 bits per heavy atom. The molecule has 4 fully saturated rings. The van der Waals surface area contributed by atoms with Crippen molar-refractivity contribution in [3.05, 3.63) is 36.0 Å². The predicted molar refractivity (Wildman–Crippen MR) is 128 cm³/mol. The molecule has 0 aromatic carbocycles. The first-order valence-corrected chi connectivity index (χ1v) is 12.9. The van der Waals surface area contributed by atoms with Gasteiger partial charge in [-0.3, -0.25) is 9.59 Å². The molecule has 0 amide bonds. The smallest absolute Gasteiger partial charge is 0.336 e. The van der Waals surface area contributed by atoms with Gasteiger partial charge in [0.15, 0.2) is 0 Å². The molecule has 4 heterocycles. The van der Waals surface area contributed by atoms with Crippen LogP contribution >= 0.6 is 0 Å². The molecule has 0 aromatic heterocycles. The minimum absolute atomic E-state index is 0.130. The molecule has 10 nitrogen and oxygen atoms in total. The van der Waals surface area contributed by atoms with Crippen molar-refractivity contribution < 1.29 is 48.0 Å². The average Bonchev–Trinajstić information content (AvgIpc) is 3.27. The van der Waals surface area contributed by atoms with Crippen molar-refractivity contribution in [3.63, 3.8) is 0 Å². The molecule has 2 saturated carbocycles. The van der Waals surface area contributed by atoms with Crippen LogP contribution < -0.4 is 0 Å². The molecule has 0 aromatic rings. The molecule has 0 unspecified atom stereocenters. The maximum atomic E-state index is 13.0. The Hall–Kier alpha value is -2.98. The quantitative estimate of drug-likeness (QED) is 0.250. The number of aliphatic hydroxyl groups is 1. The lowest BCUT2D eigenvalue weighted by atomic mass is 9.49. The lowest BCUT2D eigenvalue weighted by molar-refractivity contribution is -0.205. The van der Waals surface area contributed by atoms with Crippen molar-refractivity contribution >= 4 is 23.9 Å². The van der Waals surface area contributed by atoms with Crippen molar-refractivity contribution in [3.8, 4) is 0 Å². The van der Waals surface area contributed by atoms with Crippen molar-refractivity contribution in [1.82, 2.24) is 0 Å². The van der Waals surface area contributed by atoms with E-state index >= 15 is 0 Å². The monoisotopic (exact) mass is 528 g/mol. The van der Waals surface area contributed by atoms with Crippen LogP contribution in [0.15, 0.2) is 36.0 Å². The van der Waals surface area contributed by atoms with Crippen LogP contribution in [-0.2, 0) is 42.9 Å². The standard InChI is InChI=1S/C28H32O10/c1-12-21-22(35-18(30)7-8-26(21,5)16-11-20(32)38-25(16,3)4)23(34-13(2)29)27(6)15(10-17-28(12,27)37-17)14-9-19(31)36-24(14)33/h7-9,15-17,19,21-23,31H,1,10-11H2,2-6H3/t15-,16-,17+,19+,21+,22+,23-,26-,27+,28+/m0/s1. The van der Waals surface area contributed by atoms with Crippen molar-refractivity contribution in [2.45, 2.75) is 83.3 Å². The summed E-state index contributed by atoms with van der Waals surface area (Å²) in [5.41, 5.74) is -2.85. The summed E-state index contributed by atoms with van der Waals surface area (Å²) in [5, 5.41) is 10.00. The Morgan fingerprint density at radius 3 is 2.45 bits per heavy atom. The van der Waals surface area contributed by atoms with Gasteiger partial charge < -0.3 is 28.8 Å². The zero-order chi connectivity index (χ0) is 27.6. The number of ether oxygens (including phenoxy) is 5. The van der Waals surface area contributed by atoms with Gasteiger partial charge >= 0.3 is 23.9 Å². The lowest BCUT2D eigenvalue weighted by Gasteiger charge is -2.57. The molecule has 10 heteroatoms. The number of epoxide rings is 1. The van der Waals surface area contributed by atoms with Gasteiger partial charge in [-0.25, -0.2) is 9.59 Å². The van der Waals surface area contributed by atoms with E-state index in [0.29, 0.717) is 12.0 Å².